The van der Waals surface area contributed by atoms with Crippen molar-refractivity contribution in [3.8, 4) is 0 Å². The lowest BCUT2D eigenvalue weighted by atomic mass is 10.1. The lowest BCUT2D eigenvalue weighted by Crippen LogP contribution is -2.13. The van der Waals surface area contributed by atoms with E-state index in [1.807, 2.05) is 13.0 Å². The predicted molar refractivity (Wildman–Crippen MR) is 75.2 cm³/mol. The van der Waals surface area contributed by atoms with Crippen LogP contribution in [0.25, 0.3) is 0 Å². The first-order valence-corrected chi connectivity index (χ1v) is 6.68. The Bertz CT molecular complexity index is 503. The van der Waals surface area contributed by atoms with E-state index >= 15 is 0 Å². The number of hydrogen-bond donors (Lipinski definition) is 2. The molecule has 3 heteroatoms. The number of rotatable bonds is 4. The highest BCUT2D eigenvalue weighted by atomic mass is 32.1. The summed E-state index contributed by atoms with van der Waals surface area (Å²) in [6, 6.07) is 6.24. The molecular weight excluding hydrogens is 228 g/mol. The Labute approximate surface area is 106 Å². The van der Waals surface area contributed by atoms with Crippen molar-refractivity contribution in [1.29, 1.82) is 0 Å². The summed E-state index contributed by atoms with van der Waals surface area (Å²) in [4.78, 5) is 0. The summed E-state index contributed by atoms with van der Waals surface area (Å²) in [6.07, 6.45) is 0. The second-order valence-corrected chi connectivity index (χ2v) is 5.12. The van der Waals surface area contributed by atoms with Gasteiger partial charge >= 0.3 is 0 Å². The molecule has 0 amide bonds. The zero-order chi connectivity index (χ0) is 12.3. The van der Waals surface area contributed by atoms with Crippen LogP contribution in [0.5, 0.6) is 0 Å². The monoisotopic (exact) mass is 246 g/mol. The molecule has 0 radical (unpaired) electrons. The SMILES string of the molecule is Cc1ccc(CNCc2cscc2C)cc1N. The van der Waals surface area contributed by atoms with E-state index in [-0.39, 0.29) is 0 Å². The third-order valence-corrected chi connectivity index (χ3v) is 3.86. The van der Waals surface area contributed by atoms with Crippen LogP contribution in [0.2, 0.25) is 0 Å². The highest BCUT2D eigenvalue weighted by Crippen LogP contribution is 2.15. The molecule has 1 aromatic heterocycles. The fourth-order valence-electron chi connectivity index (χ4n) is 1.71. The predicted octanol–water partition coefficient (Wildman–Crippen LogP) is 3.24. The minimum Gasteiger partial charge on any atom is -0.399 e. The maximum Gasteiger partial charge on any atom is 0.0346 e. The number of aryl methyl sites for hydroxylation is 2. The Kier molecular flexibility index (Phi) is 3.82. The standard InChI is InChI=1S/C14H18N2S/c1-10-3-4-12(5-14(10)15)6-16-7-13-9-17-8-11(13)2/h3-5,8-9,16H,6-7,15H2,1-2H3. The third-order valence-electron chi connectivity index (χ3n) is 2.95. The molecule has 0 aliphatic carbocycles. The number of nitrogens with two attached hydrogens (primary N) is 1. The minimum absolute atomic E-state index is 0.861. The molecular formula is C14H18N2S. The molecule has 0 spiro atoms. The molecule has 3 N–H and O–H groups in total. The van der Waals surface area contributed by atoms with Crippen molar-refractivity contribution < 1.29 is 0 Å². The normalized spacial score (nSPS) is 10.7. The van der Waals surface area contributed by atoms with Crippen molar-refractivity contribution in [2.45, 2.75) is 26.9 Å². The lowest BCUT2D eigenvalue weighted by molar-refractivity contribution is 0.692. The van der Waals surface area contributed by atoms with Gasteiger partial charge in [-0.25, -0.2) is 0 Å². The first-order valence-electron chi connectivity index (χ1n) is 5.74. The number of anilines is 1. The molecule has 1 heterocycles. The number of nitrogen functional groups attached to an aromatic ring is 1. The number of nitrogens with one attached hydrogen (secondary N) is 1. The Morgan fingerprint density at radius 3 is 2.59 bits per heavy atom. The number of benzene rings is 1. The summed E-state index contributed by atoms with van der Waals surface area (Å²) in [7, 11) is 0. The Morgan fingerprint density at radius 1 is 1.12 bits per heavy atom. The topological polar surface area (TPSA) is 38.0 Å². The van der Waals surface area contributed by atoms with Gasteiger partial charge in [0.1, 0.15) is 0 Å². The number of thiophene rings is 1. The van der Waals surface area contributed by atoms with Crippen LogP contribution < -0.4 is 11.1 Å². The van der Waals surface area contributed by atoms with Gasteiger partial charge in [0.25, 0.3) is 0 Å². The maximum atomic E-state index is 5.88. The zero-order valence-corrected chi connectivity index (χ0v) is 11.1. The van der Waals surface area contributed by atoms with Gasteiger partial charge in [0, 0.05) is 18.8 Å². The summed E-state index contributed by atoms with van der Waals surface area (Å²) in [5.41, 5.74) is 11.9. The largest absolute Gasteiger partial charge is 0.399 e. The quantitative estimate of drug-likeness (QED) is 0.813. The van der Waals surface area contributed by atoms with E-state index in [0.717, 1.165) is 24.3 Å². The molecule has 0 atom stereocenters. The molecule has 17 heavy (non-hydrogen) atoms. The molecule has 0 saturated carbocycles. The van der Waals surface area contributed by atoms with Gasteiger partial charge in [0.2, 0.25) is 0 Å². The maximum absolute atomic E-state index is 5.88. The van der Waals surface area contributed by atoms with Crippen molar-refractivity contribution in [1.82, 2.24) is 5.32 Å². The summed E-state index contributed by atoms with van der Waals surface area (Å²) in [6.45, 7) is 5.96. The van der Waals surface area contributed by atoms with Crippen LogP contribution in [0, 0.1) is 13.8 Å². The summed E-state index contributed by atoms with van der Waals surface area (Å²) in [5, 5.41) is 7.82. The molecule has 2 rings (SSSR count). The van der Waals surface area contributed by atoms with Crippen LogP contribution in [0.15, 0.2) is 29.0 Å². The van der Waals surface area contributed by atoms with E-state index in [1.165, 1.54) is 16.7 Å². The van der Waals surface area contributed by atoms with Crippen molar-refractivity contribution in [2.24, 2.45) is 0 Å². The first-order chi connectivity index (χ1) is 8.16. The van der Waals surface area contributed by atoms with E-state index < -0.39 is 0 Å². The third kappa shape index (κ3) is 3.08. The zero-order valence-electron chi connectivity index (χ0n) is 10.3. The fraction of sp³-hybridized carbons (Fsp3) is 0.286. The van der Waals surface area contributed by atoms with Gasteiger partial charge in [0.05, 0.1) is 0 Å². The highest BCUT2D eigenvalue weighted by Gasteiger charge is 2.00. The van der Waals surface area contributed by atoms with Crippen molar-refractivity contribution >= 4 is 17.0 Å². The van der Waals surface area contributed by atoms with Crippen LogP contribution in [0.4, 0.5) is 5.69 Å². The highest BCUT2D eigenvalue weighted by molar-refractivity contribution is 7.08. The summed E-state index contributed by atoms with van der Waals surface area (Å²) in [5.74, 6) is 0. The molecule has 0 saturated heterocycles. The van der Waals surface area contributed by atoms with Crippen molar-refractivity contribution in [3.63, 3.8) is 0 Å². The Hall–Kier alpha value is -1.32. The van der Waals surface area contributed by atoms with Crippen molar-refractivity contribution in [3.05, 3.63) is 51.2 Å². The van der Waals surface area contributed by atoms with Gasteiger partial charge in [-0.05, 0) is 52.9 Å². The molecule has 0 aliphatic heterocycles. The second kappa shape index (κ2) is 5.34. The van der Waals surface area contributed by atoms with Gasteiger partial charge in [-0.15, -0.1) is 0 Å². The Morgan fingerprint density at radius 2 is 1.94 bits per heavy atom. The van der Waals surface area contributed by atoms with Gasteiger partial charge in [0.15, 0.2) is 0 Å². The lowest BCUT2D eigenvalue weighted by Gasteiger charge is -2.07. The van der Waals surface area contributed by atoms with Crippen molar-refractivity contribution in [2.75, 3.05) is 5.73 Å². The van der Waals surface area contributed by atoms with E-state index in [1.54, 1.807) is 11.3 Å². The van der Waals surface area contributed by atoms with Crippen LogP contribution in [0.1, 0.15) is 22.3 Å². The van der Waals surface area contributed by atoms with Crippen LogP contribution in [-0.2, 0) is 13.1 Å². The van der Waals surface area contributed by atoms with E-state index in [2.05, 4.69) is 35.1 Å². The van der Waals surface area contributed by atoms with Gasteiger partial charge in [-0.3, -0.25) is 0 Å². The van der Waals surface area contributed by atoms with Crippen LogP contribution in [0.3, 0.4) is 0 Å². The molecule has 0 aliphatic rings. The molecule has 1 aromatic carbocycles. The van der Waals surface area contributed by atoms with E-state index in [9.17, 15) is 0 Å². The fourth-order valence-corrected chi connectivity index (χ4v) is 2.57. The second-order valence-electron chi connectivity index (χ2n) is 4.37. The minimum atomic E-state index is 0.861. The van der Waals surface area contributed by atoms with E-state index in [0.29, 0.717) is 0 Å². The first kappa shape index (κ1) is 12.1. The van der Waals surface area contributed by atoms with Crippen LogP contribution >= 0.6 is 11.3 Å². The molecule has 0 fully saturated rings. The van der Waals surface area contributed by atoms with Gasteiger partial charge in [-0.1, -0.05) is 12.1 Å². The molecule has 0 bridgehead atoms. The average Bonchev–Trinajstić information content (AvgIpc) is 2.70. The molecule has 0 unspecified atom stereocenters. The molecule has 2 aromatic rings. The molecule has 2 nitrogen and oxygen atoms in total. The summed E-state index contributed by atoms with van der Waals surface area (Å²) >= 11 is 1.76. The summed E-state index contributed by atoms with van der Waals surface area (Å²) < 4.78 is 0. The molecule has 90 valence electrons. The van der Waals surface area contributed by atoms with E-state index in [4.69, 9.17) is 5.73 Å². The Balaban J connectivity index is 1.90. The van der Waals surface area contributed by atoms with Crippen LogP contribution in [-0.4, -0.2) is 0 Å². The van der Waals surface area contributed by atoms with Gasteiger partial charge < -0.3 is 11.1 Å². The smallest absolute Gasteiger partial charge is 0.0346 e. The van der Waals surface area contributed by atoms with Gasteiger partial charge in [-0.2, -0.15) is 11.3 Å². The number of hydrogen-bond acceptors (Lipinski definition) is 3. The average molecular weight is 246 g/mol.